The maximum Gasteiger partial charge on any atom is 0.317 e. The number of carbonyl (C=O) groups is 2. The fraction of sp³-hybridized carbons (Fsp3) is 0.294. The van der Waals surface area contributed by atoms with Crippen LogP contribution in [0.25, 0.3) is 0 Å². The summed E-state index contributed by atoms with van der Waals surface area (Å²) in [5.74, 6) is -0.195. The van der Waals surface area contributed by atoms with Crippen molar-refractivity contribution in [2.75, 3.05) is 26.4 Å². The molecule has 8 heteroatoms. The third-order valence-electron chi connectivity index (χ3n) is 2.79. The number of nitrogens with zero attached hydrogens (tertiary/aromatic N) is 2. The molecular formula is C17H18N2O6. The van der Waals surface area contributed by atoms with Crippen LogP contribution in [0.15, 0.2) is 49.1 Å². The summed E-state index contributed by atoms with van der Waals surface area (Å²) in [6.45, 7) is 0.410. The van der Waals surface area contributed by atoms with E-state index >= 15 is 0 Å². The Morgan fingerprint density at radius 1 is 0.760 bits per heavy atom. The molecule has 2 rings (SSSR count). The van der Waals surface area contributed by atoms with Crippen LogP contribution in [0.3, 0.4) is 0 Å². The van der Waals surface area contributed by atoms with Gasteiger partial charge in [0, 0.05) is 12.4 Å². The lowest BCUT2D eigenvalue weighted by Crippen LogP contribution is -2.18. The van der Waals surface area contributed by atoms with Crippen molar-refractivity contribution in [2.24, 2.45) is 0 Å². The van der Waals surface area contributed by atoms with Gasteiger partial charge in [0.15, 0.2) is 0 Å². The summed E-state index contributed by atoms with van der Waals surface area (Å²) >= 11 is 0. The second kappa shape index (κ2) is 10.6. The van der Waals surface area contributed by atoms with Crippen molar-refractivity contribution in [2.45, 2.75) is 6.42 Å². The maximum absolute atomic E-state index is 11.5. The van der Waals surface area contributed by atoms with Gasteiger partial charge in [-0.25, -0.2) is 0 Å². The molecule has 0 aliphatic rings. The summed E-state index contributed by atoms with van der Waals surface area (Å²) in [5.41, 5.74) is 0. The van der Waals surface area contributed by atoms with Crippen molar-refractivity contribution >= 4 is 11.9 Å². The van der Waals surface area contributed by atoms with Crippen molar-refractivity contribution in [3.63, 3.8) is 0 Å². The van der Waals surface area contributed by atoms with Crippen LogP contribution in [0, 0.1) is 0 Å². The van der Waals surface area contributed by atoms with Gasteiger partial charge >= 0.3 is 11.9 Å². The van der Waals surface area contributed by atoms with Gasteiger partial charge < -0.3 is 18.9 Å². The van der Waals surface area contributed by atoms with E-state index in [0.29, 0.717) is 11.5 Å². The van der Waals surface area contributed by atoms with Crippen molar-refractivity contribution in [1.29, 1.82) is 0 Å². The summed E-state index contributed by atoms with van der Waals surface area (Å²) in [5, 5.41) is 0. The van der Waals surface area contributed by atoms with Gasteiger partial charge in [-0.3, -0.25) is 19.6 Å². The lowest BCUT2D eigenvalue weighted by atomic mass is 10.4. The maximum atomic E-state index is 11.5. The van der Waals surface area contributed by atoms with Gasteiger partial charge in [0.05, 0.1) is 12.4 Å². The highest BCUT2D eigenvalue weighted by Crippen LogP contribution is 2.06. The molecule has 0 radical (unpaired) electrons. The third kappa shape index (κ3) is 7.78. The van der Waals surface area contributed by atoms with Crippen molar-refractivity contribution in [1.82, 2.24) is 9.97 Å². The molecule has 0 aliphatic heterocycles. The van der Waals surface area contributed by atoms with Gasteiger partial charge in [0.2, 0.25) is 0 Å². The number of pyridine rings is 2. The molecule has 0 bridgehead atoms. The monoisotopic (exact) mass is 346 g/mol. The van der Waals surface area contributed by atoms with Gasteiger partial charge in [0.1, 0.15) is 44.3 Å². The minimum atomic E-state index is -0.673. The van der Waals surface area contributed by atoms with Crippen LogP contribution in [0.2, 0.25) is 0 Å². The highest BCUT2D eigenvalue weighted by Gasteiger charge is 2.12. The number of aromatic nitrogens is 2. The number of hydrogen-bond donors (Lipinski definition) is 0. The van der Waals surface area contributed by atoms with E-state index in [0.717, 1.165) is 0 Å². The Hall–Kier alpha value is -3.16. The van der Waals surface area contributed by atoms with Crippen LogP contribution >= 0.6 is 0 Å². The van der Waals surface area contributed by atoms with Crippen LogP contribution in [0.5, 0.6) is 11.5 Å². The second-order valence-electron chi connectivity index (χ2n) is 4.69. The lowest BCUT2D eigenvalue weighted by Gasteiger charge is -2.08. The molecular weight excluding hydrogens is 328 g/mol. The first-order valence-corrected chi connectivity index (χ1v) is 7.61. The van der Waals surface area contributed by atoms with Gasteiger partial charge in [-0.1, -0.05) is 0 Å². The van der Waals surface area contributed by atoms with E-state index in [-0.39, 0.29) is 26.4 Å². The minimum Gasteiger partial charge on any atom is -0.488 e. The zero-order valence-electron chi connectivity index (χ0n) is 13.5. The van der Waals surface area contributed by atoms with E-state index < -0.39 is 18.4 Å². The second-order valence-corrected chi connectivity index (χ2v) is 4.69. The standard InChI is InChI=1S/C17H18N2O6/c20-16(24-9-7-22-14-3-1-5-18-12-14)11-17(21)25-10-8-23-15-4-2-6-19-13-15/h1-6,12-13H,7-11H2. The molecule has 2 heterocycles. The van der Waals surface area contributed by atoms with Crippen molar-refractivity contribution in [3.8, 4) is 11.5 Å². The number of hydrogen-bond acceptors (Lipinski definition) is 8. The molecule has 0 N–H and O–H groups in total. The number of esters is 2. The first-order chi connectivity index (χ1) is 12.2. The van der Waals surface area contributed by atoms with Crippen LogP contribution in [0.4, 0.5) is 0 Å². The largest absolute Gasteiger partial charge is 0.488 e. The summed E-state index contributed by atoms with van der Waals surface area (Å²) in [6.07, 6.45) is 5.89. The van der Waals surface area contributed by atoms with Gasteiger partial charge in [-0.05, 0) is 24.3 Å². The van der Waals surface area contributed by atoms with Gasteiger partial charge in [0.25, 0.3) is 0 Å². The van der Waals surface area contributed by atoms with Crippen molar-refractivity contribution in [3.05, 3.63) is 49.1 Å². The first-order valence-electron chi connectivity index (χ1n) is 7.61. The molecule has 0 unspecified atom stereocenters. The quantitative estimate of drug-likeness (QED) is 0.362. The molecule has 0 spiro atoms. The predicted octanol–water partition coefficient (Wildman–Crippen LogP) is 1.41. The van der Waals surface area contributed by atoms with E-state index in [9.17, 15) is 9.59 Å². The van der Waals surface area contributed by atoms with Crippen LogP contribution in [0.1, 0.15) is 6.42 Å². The Balaban J connectivity index is 1.50. The smallest absolute Gasteiger partial charge is 0.317 e. The van der Waals surface area contributed by atoms with E-state index in [4.69, 9.17) is 18.9 Å². The van der Waals surface area contributed by atoms with Gasteiger partial charge in [-0.15, -0.1) is 0 Å². The average molecular weight is 346 g/mol. The SMILES string of the molecule is O=C(CC(=O)OCCOc1cccnc1)OCCOc1cccnc1. The zero-order valence-corrected chi connectivity index (χ0v) is 13.5. The summed E-state index contributed by atoms with van der Waals surface area (Å²) in [7, 11) is 0. The van der Waals surface area contributed by atoms with E-state index in [2.05, 4.69) is 9.97 Å². The molecule has 2 aromatic heterocycles. The number of rotatable bonds is 10. The molecule has 8 nitrogen and oxygen atoms in total. The first kappa shape index (κ1) is 18.2. The Morgan fingerprint density at radius 2 is 1.24 bits per heavy atom. The minimum absolute atomic E-state index is 0.0329. The number of carbonyl (C=O) groups excluding carboxylic acids is 2. The summed E-state index contributed by atoms with van der Waals surface area (Å²) in [4.78, 5) is 30.7. The topological polar surface area (TPSA) is 96.8 Å². The van der Waals surface area contributed by atoms with E-state index in [1.54, 1.807) is 49.1 Å². The highest BCUT2D eigenvalue weighted by atomic mass is 16.6. The highest BCUT2D eigenvalue weighted by molar-refractivity contribution is 5.91. The number of ether oxygens (including phenoxy) is 4. The molecule has 0 atom stereocenters. The van der Waals surface area contributed by atoms with Crippen LogP contribution in [-0.4, -0.2) is 48.3 Å². The molecule has 0 saturated carbocycles. The molecule has 0 aliphatic carbocycles. The zero-order chi connectivity index (χ0) is 17.7. The Kier molecular flexibility index (Phi) is 7.70. The van der Waals surface area contributed by atoms with Crippen molar-refractivity contribution < 1.29 is 28.5 Å². The molecule has 2 aromatic rings. The van der Waals surface area contributed by atoms with Gasteiger partial charge in [-0.2, -0.15) is 0 Å². The predicted molar refractivity (Wildman–Crippen MR) is 86.0 cm³/mol. The third-order valence-corrected chi connectivity index (χ3v) is 2.79. The summed E-state index contributed by atoms with van der Waals surface area (Å²) < 4.78 is 20.4. The summed E-state index contributed by atoms with van der Waals surface area (Å²) in [6, 6.07) is 6.93. The average Bonchev–Trinajstić information content (AvgIpc) is 2.64. The lowest BCUT2D eigenvalue weighted by molar-refractivity contribution is -0.155. The fourth-order valence-corrected chi connectivity index (χ4v) is 1.71. The molecule has 0 saturated heterocycles. The van der Waals surface area contributed by atoms with Crippen LogP contribution < -0.4 is 9.47 Å². The molecule has 0 aromatic carbocycles. The fourth-order valence-electron chi connectivity index (χ4n) is 1.71. The molecule has 25 heavy (non-hydrogen) atoms. The van der Waals surface area contributed by atoms with E-state index in [1.807, 2.05) is 0 Å². The molecule has 0 amide bonds. The Morgan fingerprint density at radius 3 is 1.64 bits per heavy atom. The normalized spacial score (nSPS) is 9.92. The van der Waals surface area contributed by atoms with E-state index in [1.165, 1.54) is 0 Å². The molecule has 0 fully saturated rings. The Bertz CT molecular complexity index is 593. The molecule has 132 valence electrons. The van der Waals surface area contributed by atoms with Crippen LogP contribution in [-0.2, 0) is 19.1 Å². The Labute approximate surface area is 144 Å².